The number of ether oxygens (including phenoxy) is 1. The maximum absolute atomic E-state index is 11.0. The van der Waals surface area contributed by atoms with E-state index in [2.05, 4.69) is 0 Å². The van der Waals surface area contributed by atoms with E-state index in [1.54, 1.807) is 6.92 Å². The van der Waals surface area contributed by atoms with Gasteiger partial charge >= 0.3 is 5.97 Å². The van der Waals surface area contributed by atoms with E-state index in [4.69, 9.17) is 14.3 Å². The molecule has 106 valence electrons. The van der Waals surface area contributed by atoms with Gasteiger partial charge in [0.25, 0.3) is 0 Å². The summed E-state index contributed by atoms with van der Waals surface area (Å²) in [5.41, 5.74) is 0.173. The fraction of sp³-hybridized carbons (Fsp3) is 0.118. The molecule has 1 heterocycles. The molecular formula is C17H14O4. The minimum Gasteiger partial charge on any atom is -0.485 e. The molecule has 0 bridgehead atoms. The lowest BCUT2D eigenvalue weighted by atomic mass is 10.1. The van der Waals surface area contributed by atoms with Gasteiger partial charge in [-0.3, -0.25) is 0 Å². The van der Waals surface area contributed by atoms with Gasteiger partial charge in [-0.15, -0.1) is 0 Å². The summed E-state index contributed by atoms with van der Waals surface area (Å²) in [6.07, 6.45) is 0. The van der Waals surface area contributed by atoms with Gasteiger partial charge in [0.2, 0.25) is 0 Å². The first-order valence-corrected chi connectivity index (χ1v) is 6.58. The van der Waals surface area contributed by atoms with Crippen molar-refractivity contribution in [1.29, 1.82) is 0 Å². The molecule has 1 N–H and O–H groups in total. The van der Waals surface area contributed by atoms with Crippen LogP contribution in [-0.2, 0) is 6.61 Å². The predicted molar refractivity (Wildman–Crippen MR) is 78.7 cm³/mol. The predicted octanol–water partition coefficient (Wildman–Crippen LogP) is 4.02. The summed E-state index contributed by atoms with van der Waals surface area (Å²) in [4.78, 5) is 11.0. The van der Waals surface area contributed by atoms with Gasteiger partial charge in [0.05, 0.1) is 0 Å². The van der Waals surface area contributed by atoms with Crippen molar-refractivity contribution in [3.8, 4) is 5.75 Å². The molecule has 0 aliphatic rings. The summed E-state index contributed by atoms with van der Waals surface area (Å²) in [6, 6.07) is 15.3. The Hall–Kier alpha value is -2.75. The van der Waals surface area contributed by atoms with Crippen LogP contribution in [0.1, 0.15) is 21.9 Å². The van der Waals surface area contributed by atoms with Gasteiger partial charge in [0.1, 0.15) is 29.4 Å². The van der Waals surface area contributed by atoms with E-state index in [0.29, 0.717) is 11.5 Å². The van der Waals surface area contributed by atoms with Crippen LogP contribution in [0.5, 0.6) is 5.75 Å². The average molecular weight is 282 g/mol. The third-order valence-electron chi connectivity index (χ3n) is 3.32. The van der Waals surface area contributed by atoms with E-state index in [9.17, 15) is 4.79 Å². The normalized spacial score (nSPS) is 10.7. The Bertz CT molecular complexity index is 796. The SMILES string of the molecule is Cc1oc(COc2cccc3ccccc23)cc1C(=O)O. The number of furan rings is 1. The number of carboxylic acid groups (broad SMARTS) is 1. The average Bonchev–Trinajstić information content (AvgIpc) is 2.86. The van der Waals surface area contributed by atoms with Crippen molar-refractivity contribution < 1.29 is 19.1 Å². The first-order valence-electron chi connectivity index (χ1n) is 6.58. The van der Waals surface area contributed by atoms with Crippen molar-refractivity contribution in [2.24, 2.45) is 0 Å². The van der Waals surface area contributed by atoms with E-state index in [-0.39, 0.29) is 12.2 Å². The van der Waals surface area contributed by atoms with Crippen molar-refractivity contribution in [3.05, 3.63) is 65.6 Å². The maximum Gasteiger partial charge on any atom is 0.339 e. The van der Waals surface area contributed by atoms with E-state index in [0.717, 1.165) is 16.5 Å². The molecule has 2 aromatic carbocycles. The van der Waals surface area contributed by atoms with E-state index in [1.807, 2.05) is 42.5 Å². The number of carbonyl (C=O) groups is 1. The summed E-state index contributed by atoms with van der Waals surface area (Å²) < 4.78 is 11.2. The Morgan fingerprint density at radius 2 is 1.95 bits per heavy atom. The van der Waals surface area contributed by atoms with Crippen LogP contribution in [-0.4, -0.2) is 11.1 Å². The molecule has 0 radical (unpaired) electrons. The van der Waals surface area contributed by atoms with Crippen LogP contribution >= 0.6 is 0 Å². The van der Waals surface area contributed by atoms with Crippen LogP contribution in [0, 0.1) is 6.92 Å². The lowest BCUT2D eigenvalue weighted by molar-refractivity contribution is 0.0695. The highest BCUT2D eigenvalue weighted by atomic mass is 16.5. The van der Waals surface area contributed by atoms with E-state index in [1.165, 1.54) is 6.07 Å². The highest BCUT2D eigenvalue weighted by Gasteiger charge is 2.14. The molecule has 0 unspecified atom stereocenters. The number of aromatic carboxylic acids is 1. The van der Waals surface area contributed by atoms with Crippen molar-refractivity contribution in [3.63, 3.8) is 0 Å². The molecule has 0 fully saturated rings. The van der Waals surface area contributed by atoms with Crippen LogP contribution in [0.15, 0.2) is 52.9 Å². The van der Waals surface area contributed by atoms with Gasteiger partial charge in [0, 0.05) is 5.39 Å². The van der Waals surface area contributed by atoms with Gasteiger partial charge in [-0.25, -0.2) is 4.79 Å². The molecule has 3 aromatic rings. The molecular weight excluding hydrogens is 268 g/mol. The monoisotopic (exact) mass is 282 g/mol. The Labute approximate surface area is 121 Å². The second kappa shape index (κ2) is 5.32. The third kappa shape index (κ3) is 2.60. The zero-order chi connectivity index (χ0) is 14.8. The number of fused-ring (bicyclic) bond motifs is 1. The van der Waals surface area contributed by atoms with Crippen LogP contribution in [0.4, 0.5) is 0 Å². The molecule has 21 heavy (non-hydrogen) atoms. The van der Waals surface area contributed by atoms with Crippen molar-refractivity contribution in [1.82, 2.24) is 0 Å². The second-order valence-corrected chi connectivity index (χ2v) is 4.75. The Kier molecular flexibility index (Phi) is 3.36. The Morgan fingerprint density at radius 1 is 1.19 bits per heavy atom. The number of benzene rings is 2. The zero-order valence-electron chi connectivity index (χ0n) is 11.5. The lowest BCUT2D eigenvalue weighted by Crippen LogP contribution is -1.96. The molecule has 4 heteroatoms. The van der Waals surface area contributed by atoms with Crippen LogP contribution in [0.2, 0.25) is 0 Å². The fourth-order valence-corrected chi connectivity index (χ4v) is 2.30. The molecule has 0 atom stereocenters. The molecule has 0 aliphatic heterocycles. The van der Waals surface area contributed by atoms with Crippen molar-refractivity contribution in [2.45, 2.75) is 13.5 Å². The summed E-state index contributed by atoms with van der Waals surface area (Å²) in [6.45, 7) is 1.83. The topological polar surface area (TPSA) is 59.7 Å². The molecule has 4 nitrogen and oxygen atoms in total. The highest BCUT2D eigenvalue weighted by molar-refractivity contribution is 5.89. The molecule has 0 spiro atoms. The number of rotatable bonds is 4. The van der Waals surface area contributed by atoms with E-state index >= 15 is 0 Å². The summed E-state index contributed by atoms with van der Waals surface area (Å²) >= 11 is 0. The first kappa shape index (κ1) is 13.2. The largest absolute Gasteiger partial charge is 0.485 e. The molecule has 3 rings (SSSR count). The molecule has 0 saturated carbocycles. The first-order chi connectivity index (χ1) is 10.1. The van der Waals surface area contributed by atoms with Gasteiger partial charge in [0.15, 0.2) is 0 Å². The zero-order valence-corrected chi connectivity index (χ0v) is 11.5. The van der Waals surface area contributed by atoms with Crippen LogP contribution < -0.4 is 4.74 Å². The van der Waals surface area contributed by atoms with Crippen LogP contribution in [0.25, 0.3) is 10.8 Å². The fourth-order valence-electron chi connectivity index (χ4n) is 2.30. The van der Waals surface area contributed by atoms with E-state index < -0.39 is 5.97 Å². The number of carboxylic acids is 1. The standard InChI is InChI=1S/C17H14O4/c1-11-15(17(18)19)9-13(21-11)10-20-16-8-4-6-12-5-2-3-7-14(12)16/h2-9H,10H2,1H3,(H,18,19). The third-order valence-corrected chi connectivity index (χ3v) is 3.32. The Morgan fingerprint density at radius 3 is 2.71 bits per heavy atom. The molecule has 0 saturated heterocycles. The maximum atomic E-state index is 11.0. The number of hydrogen-bond acceptors (Lipinski definition) is 3. The summed E-state index contributed by atoms with van der Waals surface area (Å²) in [5, 5.41) is 11.1. The summed E-state index contributed by atoms with van der Waals surface area (Å²) in [5.74, 6) is 0.642. The molecule has 0 aliphatic carbocycles. The van der Waals surface area contributed by atoms with Gasteiger partial charge in [-0.2, -0.15) is 0 Å². The lowest BCUT2D eigenvalue weighted by Gasteiger charge is -2.07. The summed E-state index contributed by atoms with van der Waals surface area (Å²) in [7, 11) is 0. The minimum absolute atomic E-state index is 0.173. The minimum atomic E-state index is -0.993. The van der Waals surface area contributed by atoms with Crippen molar-refractivity contribution in [2.75, 3.05) is 0 Å². The number of aryl methyl sites for hydroxylation is 1. The highest BCUT2D eigenvalue weighted by Crippen LogP contribution is 2.26. The van der Waals surface area contributed by atoms with Crippen molar-refractivity contribution >= 4 is 16.7 Å². The molecule has 0 amide bonds. The second-order valence-electron chi connectivity index (χ2n) is 4.75. The number of hydrogen-bond donors (Lipinski definition) is 1. The van der Waals surface area contributed by atoms with Gasteiger partial charge in [-0.1, -0.05) is 36.4 Å². The Balaban J connectivity index is 1.84. The van der Waals surface area contributed by atoms with Crippen LogP contribution in [0.3, 0.4) is 0 Å². The van der Waals surface area contributed by atoms with Gasteiger partial charge in [-0.05, 0) is 24.4 Å². The smallest absolute Gasteiger partial charge is 0.339 e. The molecule has 1 aromatic heterocycles. The quantitative estimate of drug-likeness (QED) is 0.785. The van der Waals surface area contributed by atoms with Gasteiger partial charge < -0.3 is 14.3 Å².